The molecule has 2 nitrogen and oxygen atoms in total. The number of para-hydroxylation sites is 2. The maximum absolute atomic E-state index is 3.74. The van der Waals surface area contributed by atoms with Crippen LogP contribution in [0.5, 0.6) is 0 Å². The second-order valence-electron chi connectivity index (χ2n) is 10.5. The van der Waals surface area contributed by atoms with Gasteiger partial charge in [0, 0.05) is 33.9 Å². The fraction of sp³-hybridized carbons (Fsp3) is 0.167. The zero-order valence-corrected chi connectivity index (χ0v) is 23.2. The maximum atomic E-state index is 3.74. The lowest BCUT2D eigenvalue weighted by Gasteiger charge is -2.19. The number of rotatable bonds is 6. The molecule has 0 aromatic heterocycles. The molecular formula is C36H36N2. The molecular weight excluding hydrogens is 460 g/mol. The average Bonchev–Trinajstić information content (AvgIpc) is 2.89. The van der Waals surface area contributed by atoms with E-state index in [1.165, 1.54) is 67.0 Å². The average molecular weight is 497 g/mol. The van der Waals surface area contributed by atoms with E-state index in [0.717, 1.165) is 11.4 Å². The molecule has 2 N–H and O–H groups in total. The molecule has 0 saturated heterocycles. The monoisotopic (exact) mass is 496 g/mol. The van der Waals surface area contributed by atoms with Crippen molar-refractivity contribution in [3.8, 4) is 22.3 Å². The van der Waals surface area contributed by atoms with Gasteiger partial charge in [-0.05, 0) is 93.1 Å². The highest BCUT2D eigenvalue weighted by molar-refractivity contribution is 5.88. The second-order valence-corrected chi connectivity index (χ2v) is 10.5. The molecule has 0 fully saturated rings. The number of benzene rings is 5. The predicted molar refractivity (Wildman–Crippen MR) is 165 cm³/mol. The van der Waals surface area contributed by atoms with Crippen LogP contribution in [0.1, 0.15) is 33.4 Å². The Morgan fingerprint density at radius 2 is 0.763 bits per heavy atom. The molecule has 0 radical (unpaired) electrons. The second kappa shape index (κ2) is 10.6. The van der Waals surface area contributed by atoms with Crippen molar-refractivity contribution in [2.24, 2.45) is 0 Å². The van der Waals surface area contributed by atoms with Crippen molar-refractivity contribution in [2.75, 3.05) is 10.6 Å². The van der Waals surface area contributed by atoms with Crippen molar-refractivity contribution >= 4 is 22.7 Å². The molecule has 0 unspecified atom stereocenters. The van der Waals surface area contributed by atoms with Gasteiger partial charge < -0.3 is 10.6 Å². The summed E-state index contributed by atoms with van der Waals surface area (Å²) in [5.41, 5.74) is 16.9. The largest absolute Gasteiger partial charge is 0.355 e. The van der Waals surface area contributed by atoms with Gasteiger partial charge in [-0.2, -0.15) is 0 Å². The Morgan fingerprint density at radius 3 is 1.16 bits per heavy atom. The van der Waals surface area contributed by atoms with Crippen LogP contribution in [0.15, 0.2) is 97.1 Å². The van der Waals surface area contributed by atoms with E-state index in [-0.39, 0.29) is 0 Å². The highest BCUT2D eigenvalue weighted by Crippen LogP contribution is 2.37. The smallest absolute Gasteiger partial charge is 0.0464 e. The van der Waals surface area contributed by atoms with Gasteiger partial charge in [0.15, 0.2) is 0 Å². The Morgan fingerprint density at radius 1 is 0.395 bits per heavy atom. The van der Waals surface area contributed by atoms with Crippen LogP contribution in [0.2, 0.25) is 0 Å². The van der Waals surface area contributed by atoms with Crippen molar-refractivity contribution in [3.05, 3.63) is 130 Å². The molecule has 0 aliphatic heterocycles. The highest BCUT2D eigenvalue weighted by atomic mass is 14.9. The molecule has 0 aliphatic carbocycles. The van der Waals surface area contributed by atoms with Crippen LogP contribution in [0.4, 0.5) is 22.7 Å². The molecule has 0 heterocycles. The lowest BCUT2D eigenvalue weighted by atomic mass is 9.96. The first-order chi connectivity index (χ1) is 18.3. The summed E-state index contributed by atoms with van der Waals surface area (Å²) in [6.07, 6.45) is 0. The van der Waals surface area contributed by atoms with E-state index in [0.29, 0.717) is 0 Å². The van der Waals surface area contributed by atoms with Crippen molar-refractivity contribution in [3.63, 3.8) is 0 Å². The van der Waals surface area contributed by atoms with Gasteiger partial charge in [-0.15, -0.1) is 0 Å². The molecule has 0 aliphatic rings. The van der Waals surface area contributed by atoms with Gasteiger partial charge in [0.25, 0.3) is 0 Å². The number of aryl methyl sites for hydroxylation is 6. The summed E-state index contributed by atoms with van der Waals surface area (Å²) in [6.45, 7) is 13.0. The number of hydrogen-bond donors (Lipinski definition) is 2. The van der Waals surface area contributed by atoms with Gasteiger partial charge in [0.05, 0.1) is 0 Å². The molecule has 38 heavy (non-hydrogen) atoms. The molecule has 5 aromatic carbocycles. The van der Waals surface area contributed by atoms with Crippen molar-refractivity contribution in [1.29, 1.82) is 0 Å². The summed E-state index contributed by atoms with van der Waals surface area (Å²) in [5.74, 6) is 0. The minimum atomic E-state index is 1.11. The first-order valence-corrected chi connectivity index (χ1v) is 13.3. The third-order valence-electron chi connectivity index (χ3n) is 7.21. The fourth-order valence-electron chi connectivity index (χ4n) is 5.57. The van der Waals surface area contributed by atoms with E-state index in [9.17, 15) is 0 Å². The van der Waals surface area contributed by atoms with E-state index in [1.807, 2.05) is 0 Å². The topological polar surface area (TPSA) is 24.1 Å². The molecule has 5 rings (SSSR count). The number of anilines is 4. The van der Waals surface area contributed by atoms with Gasteiger partial charge >= 0.3 is 0 Å². The van der Waals surface area contributed by atoms with Gasteiger partial charge in [0.1, 0.15) is 0 Å². The van der Waals surface area contributed by atoms with Crippen molar-refractivity contribution in [1.82, 2.24) is 0 Å². The van der Waals surface area contributed by atoms with E-state index in [2.05, 4.69) is 149 Å². The molecule has 0 spiro atoms. The summed E-state index contributed by atoms with van der Waals surface area (Å²) in [6, 6.07) is 34.9. The molecule has 2 heteroatoms. The molecule has 0 saturated carbocycles. The van der Waals surface area contributed by atoms with Crippen LogP contribution in [0, 0.1) is 41.5 Å². The zero-order valence-electron chi connectivity index (χ0n) is 23.2. The van der Waals surface area contributed by atoms with Crippen LogP contribution in [0.25, 0.3) is 22.3 Å². The Hall–Kier alpha value is -4.30. The SMILES string of the molecule is Cc1cc(C)c(Nc2ccccc2-c2cccc(-c3ccccc3Nc3c(C)cc(C)cc3C)c2)c(C)c1. The Kier molecular flexibility index (Phi) is 7.07. The summed E-state index contributed by atoms with van der Waals surface area (Å²) in [7, 11) is 0. The molecule has 190 valence electrons. The van der Waals surface area contributed by atoms with Gasteiger partial charge in [-0.1, -0.05) is 90.0 Å². The quantitative estimate of drug-likeness (QED) is 0.244. The maximum Gasteiger partial charge on any atom is 0.0464 e. The van der Waals surface area contributed by atoms with Crippen LogP contribution in [-0.4, -0.2) is 0 Å². The first kappa shape index (κ1) is 25.4. The lowest BCUT2D eigenvalue weighted by molar-refractivity contribution is 1.31. The standard InChI is InChI=1S/C36H36N2/c1-23-18-25(3)35(26(4)19-23)37-33-16-9-7-14-31(33)29-12-11-13-30(22-29)32-15-8-10-17-34(32)38-36-27(5)20-24(2)21-28(36)6/h7-22,37-38H,1-6H3. The van der Waals surface area contributed by atoms with E-state index >= 15 is 0 Å². The Balaban J connectivity index is 1.53. The van der Waals surface area contributed by atoms with Gasteiger partial charge in [-0.25, -0.2) is 0 Å². The lowest BCUT2D eigenvalue weighted by Crippen LogP contribution is -1.99. The number of nitrogens with one attached hydrogen (secondary N) is 2. The van der Waals surface area contributed by atoms with Crippen LogP contribution >= 0.6 is 0 Å². The summed E-state index contributed by atoms with van der Waals surface area (Å²) in [4.78, 5) is 0. The molecule has 0 amide bonds. The molecule has 0 atom stereocenters. The van der Waals surface area contributed by atoms with Crippen molar-refractivity contribution in [2.45, 2.75) is 41.5 Å². The Labute approximate surface area is 227 Å². The highest BCUT2D eigenvalue weighted by Gasteiger charge is 2.12. The van der Waals surface area contributed by atoms with E-state index in [1.54, 1.807) is 0 Å². The van der Waals surface area contributed by atoms with Crippen LogP contribution in [0.3, 0.4) is 0 Å². The number of hydrogen-bond acceptors (Lipinski definition) is 2. The summed E-state index contributed by atoms with van der Waals surface area (Å²) < 4.78 is 0. The van der Waals surface area contributed by atoms with Gasteiger partial charge in [0.2, 0.25) is 0 Å². The zero-order chi connectivity index (χ0) is 26.8. The summed E-state index contributed by atoms with van der Waals surface area (Å²) >= 11 is 0. The molecule has 0 bridgehead atoms. The minimum absolute atomic E-state index is 1.11. The Bertz CT molecular complexity index is 1460. The summed E-state index contributed by atoms with van der Waals surface area (Å²) in [5, 5.41) is 7.49. The predicted octanol–water partition coefficient (Wildman–Crippen LogP) is 10.4. The van der Waals surface area contributed by atoms with Crippen LogP contribution < -0.4 is 10.6 Å². The molecule has 5 aromatic rings. The normalized spacial score (nSPS) is 10.9. The fourth-order valence-corrected chi connectivity index (χ4v) is 5.57. The van der Waals surface area contributed by atoms with E-state index < -0.39 is 0 Å². The minimum Gasteiger partial charge on any atom is -0.355 e. The van der Waals surface area contributed by atoms with Gasteiger partial charge in [-0.3, -0.25) is 0 Å². The van der Waals surface area contributed by atoms with E-state index in [4.69, 9.17) is 0 Å². The first-order valence-electron chi connectivity index (χ1n) is 13.3. The van der Waals surface area contributed by atoms with Crippen LogP contribution in [-0.2, 0) is 0 Å². The van der Waals surface area contributed by atoms with Crippen molar-refractivity contribution < 1.29 is 0 Å². The third-order valence-corrected chi connectivity index (χ3v) is 7.21. The third kappa shape index (κ3) is 5.21.